The summed E-state index contributed by atoms with van der Waals surface area (Å²) < 4.78 is 11.4. The van der Waals surface area contributed by atoms with E-state index in [-0.39, 0.29) is 6.10 Å². The van der Waals surface area contributed by atoms with Gasteiger partial charge >= 0.3 is 0 Å². The van der Waals surface area contributed by atoms with Crippen LogP contribution in [0.5, 0.6) is 0 Å². The van der Waals surface area contributed by atoms with Gasteiger partial charge in [0.1, 0.15) is 6.10 Å². The number of H-pyrrole nitrogens is 1. The quantitative estimate of drug-likeness (QED) is 0.577. The van der Waals surface area contributed by atoms with Gasteiger partial charge in [-0.1, -0.05) is 53.7 Å². The number of rotatable bonds is 5. The summed E-state index contributed by atoms with van der Waals surface area (Å²) in [6.45, 7) is 3.20. The number of nitrogens with one attached hydrogen (secondary N) is 1. The molecule has 7 nitrogen and oxygen atoms in total. The molecule has 0 saturated carbocycles. The topological polar surface area (TPSA) is 80.1 Å². The van der Waals surface area contributed by atoms with Crippen LogP contribution in [-0.2, 0) is 17.7 Å². The van der Waals surface area contributed by atoms with Crippen molar-refractivity contribution in [2.24, 2.45) is 0 Å². The normalized spacial score (nSPS) is 17.9. The van der Waals surface area contributed by atoms with Gasteiger partial charge in [-0.05, 0) is 11.6 Å². The van der Waals surface area contributed by atoms with Crippen molar-refractivity contribution in [3.05, 3.63) is 77.6 Å². The highest BCUT2D eigenvalue weighted by Gasteiger charge is 2.26. The first-order valence-electron chi connectivity index (χ1n) is 9.47. The zero-order chi connectivity index (χ0) is 18.8. The van der Waals surface area contributed by atoms with E-state index in [1.807, 2.05) is 30.3 Å². The molecule has 1 N–H and O–H groups in total. The van der Waals surface area contributed by atoms with Gasteiger partial charge in [-0.3, -0.25) is 10.00 Å². The largest absolute Gasteiger partial charge is 0.367 e. The van der Waals surface area contributed by atoms with Gasteiger partial charge in [-0.2, -0.15) is 10.1 Å². The third kappa shape index (κ3) is 3.54. The Morgan fingerprint density at radius 2 is 1.93 bits per heavy atom. The molecule has 28 heavy (non-hydrogen) atoms. The molecule has 3 heterocycles. The molecule has 0 unspecified atom stereocenters. The lowest BCUT2D eigenvalue weighted by atomic mass is 10.1. The molecule has 1 saturated heterocycles. The Bertz CT molecular complexity index is 1060. The lowest BCUT2D eigenvalue weighted by Gasteiger charge is -2.31. The highest BCUT2D eigenvalue weighted by molar-refractivity contribution is 5.81. The number of morpholine rings is 1. The summed E-state index contributed by atoms with van der Waals surface area (Å²) >= 11 is 0. The van der Waals surface area contributed by atoms with Crippen molar-refractivity contribution in [1.29, 1.82) is 0 Å². The van der Waals surface area contributed by atoms with E-state index in [9.17, 15) is 0 Å². The fraction of sp³-hybridized carbons (Fsp3) is 0.286. The van der Waals surface area contributed by atoms with Crippen LogP contribution in [0.4, 0.5) is 0 Å². The summed E-state index contributed by atoms with van der Waals surface area (Å²) in [4.78, 5) is 6.94. The number of aromatic nitrogens is 4. The maximum Gasteiger partial charge on any atom is 0.232 e. The molecule has 2 aromatic heterocycles. The minimum atomic E-state index is -0.173. The highest BCUT2D eigenvalue weighted by atomic mass is 16.5. The zero-order valence-electron chi connectivity index (χ0n) is 15.4. The van der Waals surface area contributed by atoms with Crippen molar-refractivity contribution < 1.29 is 9.26 Å². The Hall–Kier alpha value is -3.03. The number of aromatic amines is 1. The van der Waals surface area contributed by atoms with E-state index in [1.165, 1.54) is 5.56 Å². The van der Waals surface area contributed by atoms with Gasteiger partial charge in [0.25, 0.3) is 0 Å². The van der Waals surface area contributed by atoms with Crippen molar-refractivity contribution in [2.75, 3.05) is 19.7 Å². The second-order valence-corrected chi connectivity index (χ2v) is 7.02. The number of ether oxygens (including phenoxy) is 1. The lowest BCUT2D eigenvalue weighted by molar-refractivity contribution is -0.0380. The van der Waals surface area contributed by atoms with Crippen molar-refractivity contribution in [1.82, 2.24) is 25.2 Å². The third-order valence-electron chi connectivity index (χ3n) is 5.04. The number of hydrogen-bond acceptors (Lipinski definition) is 6. The molecule has 1 atom stereocenters. The van der Waals surface area contributed by atoms with Crippen molar-refractivity contribution in [2.45, 2.75) is 19.1 Å². The molecular formula is C21H21N5O2. The SMILES string of the molecule is c1ccc(CN2CCO[C@H](c3noc(Cc4[nH]nc5ccccc45)n3)C2)cc1. The molecule has 5 rings (SSSR count). The minimum absolute atomic E-state index is 0.173. The van der Waals surface area contributed by atoms with Crippen LogP contribution in [0.15, 0.2) is 59.1 Å². The van der Waals surface area contributed by atoms with E-state index in [0.717, 1.165) is 36.2 Å². The molecular weight excluding hydrogens is 354 g/mol. The Labute approximate surface area is 162 Å². The van der Waals surface area contributed by atoms with E-state index in [4.69, 9.17) is 9.26 Å². The highest BCUT2D eigenvalue weighted by Crippen LogP contribution is 2.23. The second-order valence-electron chi connectivity index (χ2n) is 7.02. The molecule has 1 aliphatic rings. The molecule has 0 bridgehead atoms. The van der Waals surface area contributed by atoms with Gasteiger partial charge in [0.05, 0.1) is 24.2 Å². The summed E-state index contributed by atoms with van der Waals surface area (Å²) in [5.74, 6) is 1.17. The number of para-hydroxylation sites is 1. The monoisotopic (exact) mass is 375 g/mol. The summed E-state index contributed by atoms with van der Waals surface area (Å²) in [5, 5.41) is 12.6. The summed E-state index contributed by atoms with van der Waals surface area (Å²) in [6.07, 6.45) is 0.349. The van der Waals surface area contributed by atoms with Crippen LogP contribution < -0.4 is 0 Å². The van der Waals surface area contributed by atoms with E-state index in [0.29, 0.717) is 24.7 Å². The fourth-order valence-electron chi connectivity index (χ4n) is 3.61. The molecule has 1 aliphatic heterocycles. The molecule has 1 fully saturated rings. The Morgan fingerprint density at radius 3 is 2.86 bits per heavy atom. The standard InChI is InChI=1S/C21H21N5O2/c1-2-6-15(7-3-1)13-26-10-11-27-19(14-26)21-22-20(28-25-21)12-18-16-8-4-5-9-17(16)23-24-18/h1-9,19H,10-14H2,(H,23,24)/t19-/m0/s1. The number of benzene rings is 2. The number of nitrogens with zero attached hydrogens (tertiary/aromatic N) is 4. The summed E-state index contributed by atoms with van der Waals surface area (Å²) in [5.41, 5.74) is 3.20. The van der Waals surface area contributed by atoms with Crippen LogP contribution >= 0.6 is 0 Å². The van der Waals surface area contributed by atoms with Gasteiger partial charge in [0.2, 0.25) is 11.7 Å². The van der Waals surface area contributed by atoms with Crippen molar-refractivity contribution in [3.8, 4) is 0 Å². The molecule has 0 radical (unpaired) electrons. The molecule has 0 amide bonds. The van der Waals surface area contributed by atoms with Crippen LogP contribution in [0.1, 0.15) is 29.1 Å². The van der Waals surface area contributed by atoms with Gasteiger partial charge in [0, 0.05) is 25.0 Å². The smallest absolute Gasteiger partial charge is 0.232 e. The molecule has 0 spiro atoms. The van der Waals surface area contributed by atoms with Crippen LogP contribution in [-0.4, -0.2) is 44.9 Å². The lowest BCUT2D eigenvalue weighted by Crippen LogP contribution is -2.38. The molecule has 142 valence electrons. The maximum absolute atomic E-state index is 5.90. The van der Waals surface area contributed by atoms with Crippen LogP contribution in [0, 0.1) is 0 Å². The first kappa shape index (κ1) is 17.1. The zero-order valence-corrected chi connectivity index (χ0v) is 15.4. The average Bonchev–Trinajstić information content (AvgIpc) is 3.37. The Kier molecular flexibility index (Phi) is 4.60. The Morgan fingerprint density at radius 1 is 1.07 bits per heavy atom. The van der Waals surface area contributed by atoms with Crippen molar-refractivity contribution >= 4 is 10.9 Å². The molecule has 4 aromatic rings. The van der Waals surface area contributed by atoms with Crippen molar-refractivity contribution in [3.63, 3.8) is 0 Å². The number of fused-ring (bicyclic) bond motifs is 1. The van der Waals surface area contributed by atoms with Gasteiger partial charge in [-0.15, -0.1) is 0 Å². The number of hydrogen-bond donors (Lipinski definition) is 1. The molecule has 0 aliphatic carbocycles. The van der Waals surface area contributed by atoms with E-state index in [2.05, 4.69) is 49.5 Å². The summed E-state index contributed by atoms with van der Waals surface area (Å²) in [7, 11) is 0. The fourth-order valence-corrected chi connectivity index (χ4v) is 3.61. The van der Waals surface area contributed by atoms with Crippen LogP contribution in [0.3, 0.4) is 0 Å². The maximum atomic E-state index is 5.90. The van der Waals surface area contributed by atoms with E-state index >= 15 is 0 Å². The molecule has 2 aromatic carbocycles. The van der Waals surface area contributed by atoms with Crippen LogP contribution in [0.2, 0.25) is 0 Å². The Balaban J connectivity index is 1.27. The van der Waals surface area contributed by atoms with Gasteiger partial charge in [-0.25, -0.2) is 0 Å². The second kappa shape index (κ2) is 7.53. The predicted octanol–water partition coefficient (Wildman–Crippen LogP) is 3.11. The first-order valence-corrected chi connectivity index (χ1v) is 9.47. The van der Waals surface area contributed by atoms with E-state index < -0.39 is 0 Å². The van der Waals surface area contributed by atoms with Crippen LogP contribution in [0.25, 0.3) is 10.9 Å². The average molecular weight is 375 g/mol. The van der Waals surface area contributed by atoms with Gasteiger partial charge < -0.3 is 9.26 Å². The molecule has 7 heteroatoms. The van der Waals surface area contributed by atoms with Gasteiger partial charge in [0.15, 0.2) is 0 Å². The minimum Gasteiger partial charge on any atom is -0.367 e. The predicted molar refractivity (Wildman–Crippen MR) is 104 cm³/mol. The first-order chi connectivity index (χ1) is 13.8. The summed E-state index contributed by atoms with van der Waals surface area (Å²) in [6, 6.07) is 18.4. The van der Waals surface area contributed by atoms with E-state index in [1.54, 1.807) is 0 Å². The third-order valence-corrected chi connectivity index (χ3v) is 5.04.